The number of aromatic nitrogens is 1. The van der Waals surface area contributed by atoms with Crippen molar-refractivity contribution < 1.29 is 9.69 Å². The lowest BCUT2D eigenvalue weighted by molar-refractivity contribution is -0.885. The van der Waals surface area contributed by atoms with Crippen LogP contribution in [0, 0.1) is 34.6 Å². The predicted molar refractivity (Wildman–Crippen MR) is 122 cm³/mol. The van der Waals surface area contributed by atoms with Gasteiger partial charge < -0.3 is 10.2 Å². The average Bonchev–Trinajstić information content (AvgIpc) is 3.08. The third-order valence-electron chi connectivity index (χ3n) is 5.21. The molecule has 1 unspecified atom stereocenters. The second-order valence-electron chi connectivity index (χ2n) is 8.06. The molecule has 1 aromatic heterocycles. The van der Waals surface area contributed by atoms with E-state index in [1.165, 1.54) is 16.7 Å². The van der Waals surface area contributed by atoms with Crippen molar-refractivity contribution in [2.75, 3.05) is 18.9 Å². The number of anilines is 1. The molecule has 2 aromatic carbocycles. The smallest absolute Gasteiger partial charge is 0.279 e. The Morgan fingerprint density at radius 3 is 2.34 bits per heavy atom. The van der Waals surface area contributed by atoms with Crippen LogP contribution in [0.3, 0.4) is 0 Å². The van der Waals surface area contributed by atoms with Crippen molar-refractivity contribution >= 4 is 22.9 Å². The van der Waals surface area contributed by atoms with E-state index < -0.39 is 0 Å². The number of nitrogens with one attached hydrogen (secondary N) is 2. The lowest BCUT2D eigenvalue weighted by atomic mass is 10.1. The van der Waals surface area contributed by atoms with E-state index in [4.69, 9.17) is 4.98 Å². The first kappa shape index (κ1) is 21.2. The van der Waals surface area contributed by atoms with Crippen LogP contribution in [0.4, 0.5) is 5.69 Å². The molecule has 1 amide bonds. The molecule has 29 heavy (non-hydrogen) atoms. The van der Waals surface area contributed by atoms with Gasteiger partial charge in [-0.2, -0.15) is 0 Å². The summed E-state index contributed by atoms with van der Waals surface area (Å²) in [5.74, 6) is 0.0310. The second-order valence-corrected chi connectivity index (χ2v) is 9.00. The SMILES string of the molecule is Cc1cc(C)c(NC(=O)C[NH+](C)Cc2nc(-c3ccc(C)c(C)c3)cs2)c(C)c1. The van der Waals surface area contributed by atoms with E-state index in [0.717, 1.165) is 44.5 Å². The van der Waals surface area contributed by atoms with E-state index in [-0.39, 0.29) is 5.91 Å². The first-order valence-electron chi connectivity index (χ1n) is 9.94. The fourth-order valence-corrected chi connectivity index (χ4v) is 4.50. The van der Waals surface area contributed by atoms with Crippen molar-refractivity contribution in [2.45, 2.75) is 41.2 Å². The molecule has 0 aliphatic rings. The molecule has 0 radical (unpaired) electrons. The minimum absolute atomic E-state index is 0.0310. The number of thiazole rings is 1. The third-order valence-corrected chi connectivity index (χ3v) is 6.06. The molecule has 0 fully saturated rings. The number of nitrogens with zero attached hydrogens (tertiary/aromatic N) is 1. The Bertz CT molecular complexity index is 1020. The van der Waals surface area contributed by atoms with Crippen LogP contribution >= 0.6 is 11.3 Å². The highest BCUT2D eigenvalue weighted by molar-refractivity contribution is 7.09. The Labute approximate surface area is 177 Å². The summed E-state index contributed by atoms with van der Waals surface area (Å²) in [6.07, 6.45) is 0. The van der Waals surface area contributed by atoms with E-state index in [0.29, 0.717) is 6.54 Å². The van der Waals surface area contributed by atoms with Gasteiger partial charge in [0.15, 0.2) is 6.54 Å². The predicted octanol–water partition coefficient (Wildman–Crippen LogP) is 4.01. The largest absolute Gasteiger partial charge is 0.324 e. The van der Waals surface area contributed by atoms with Crippen LogP contribution < -0.4 is 10.2 Å². The molecule has 0 spiro atoms. The molecule has 0 saturated carbocycles. The summed E-state index contributed by atoms with van der Waals surface area (Å²) < 4.78 is 0. The number of likely N-dealkylation sites (N-methyl/N-ethyl adjacent to an activating group) is 1. The Morgan fingerprint density at radius 2 is 1.69 bits per heavy atom. The first-order chi connectivity index (χ1) is 13.7. The van der Waals surface area contributed by atoms with Gasteiger partial charge in [0.2, 0.25) is 0 Å². The van der Waals surface area contributed by atoms with Crippen LogP contribution in [-0.2, 0) is 11.3 Å². The van der Waals surface area contributed by atoms with Crippen LogP contribution in [0.1, 0.15) is 32.8 Å². The van der Waals surface area contributed by atoms with Crippen molar-refractivity contribution in [3.05, 3.63) is 68.5 Å². The maximum atomic E-state index is 12.5. The Morgan fingerprint density at radius 1 is 1.00 bits per heavy atom. The summed E-state index contributed by atoms with van der Waals surface area (Å²) in [7, 11) is 2.03. The van der Waals surface area contributed by atoms with Crippen LogP contribution in [0.15, 0.2) is 35.7 Å². The van der Waals surface area contributed by atoms with E-state index >= 15 is 0 Å². The minimum atomic E-state index is 0.0310. The van der Waals surface area contributed by atoms with Gasteiger partial charge in [0, 0.05) is 16.6 Å². The monoisotopic (exact) mass is 408 g/mol. The van der Waals surface area contributed by atoms with Crippen molar-refractivity contribution in [1.29, 1.82) is 0 Å². The first-order valence-corrected chi connectivity index (χ1v) is 10.8. The molecule has 3 aromatic rings. The number of benzene rings is 2. The van der Waals surface area contributed by atoms with E-state index in [1.54, 1.807) is 11.3 Å². The molecule has 3 rings (SSSR count). The third kappa shape index (κ3) is 5.31. The highest BCUT2D eigenvalue weighted by Crippen LogP contribution is 2.24. The maximum absolute atomic E-state index is 12.5. The summed E-state index contributed by atoms with van der Waals surface area (Å²) in [5.41, 5.74) is 9.07. The maximum Gasteiger partial charge on any atom is 0.279 e. The molecule has 4 nitrogen and oxygen atoms in total. The summed E-state index contributed by atoms with van der Waals surface area (Å²) in [6, 6.07) is 10.6. The standard InChI is InChI=1S/C24H29N3OS/c1-15-9-18(4)24(19(5)10-15)26-22(28)12-27(6)13-23-25-21(14-29-23)20-8-7-16(2)17(3)11-20/h7-11,14H,12-13H2,1-6H3,(H,26,28)/p+1. The Kier molecular flexibility index (Phi) is 6.50. The lowest BCUT2D eigenvalue weighted by Gasteiger charge is -2.15. The van der Waals surface area contributed by atoms with Crippen LogP contribution in [0.2, 0.25) is 0 Å². The van der Waals surface area contributed by atoms with Gasteiger partial charge >= 0.3 is 0 Å². The highest BCUT2D eigenvalue weighted by Gasteiger charge is 2.15. The van der Waals surface area contributed by atoms with Gasteiger partial charge in [0.05, 0.1) is 12.7 Å². The van der Waals surface area contributed by atoms with Crippen molar-refractivity contribution in [2.24, 2.45) is 0 Å². The van der Waals surface area contributed by atoms with Gasteiger partial charge in [-0.3, -0.25) is 4.79 Å². The van der Waals surface area contributed by atoms with Crippen LogP contribution in [-0.4, -0.2) is 24.5 Å². The van der Waals surface area contributed by atoms with Crippen molar-refractivity contribution in [3.63, 3.8) is 0 Å². The van der Waals surface area contributed by atoms with Gasteiger partial charge in [-0.05, 0) is 62.9 Å². The van der Waals surface area contributed by atoms with E-state index in [1.807, 2.05) is 20.9 Å². The lowest BCUT2D eigenvalue weighted by Crippen LogP contribution is -3.08. The second kappa shape index (κ2) is 8.89. The molecule has 0 bridgehead atoms. The fourth-order valence-electron chi connectivity index (χ4n) is 3.58. The molecule has 152 valence electrons. The van der Waals surface area contributed by atoms with Gasteiger partial charge in [-0.25, -0.2) is 4.98 Å². The summed E-state index contributed by atoms with van der Waals surface area (Å²) in [4.78, 5) is 18.5. The normalized spacial score (nSPS) is 12.1. The fraction of sp³-hybridized carbons (Fsp3) is 0.333. The van der Waals surface area contributed by atoms with Crippen molar-refractivity contribution in [3.8, 4) is 11.3 Å². The molecular weight excluding hydrogens is 378 g/mol. The van der Waals surface area contributed by atoms with Crippen LogP contribution in [0.25, 0.3) is 11.3 Å². The number of quaternary nitrogens is 1. The quantitative estimate of drug-likeness (QED) is 0.647. The number of rotatable bonds is 6. The molecule has 1 heterocycles. The van der Waals surface area contributed by atoms with Gasteiger partial charge in [0.1, 0.15) is 11.6 Å². The molecule has 2 N–H and O–H groups in total. The zero-order chi connectivity index (χ0) is 21.1. The zero-order valence-corrected chi connectivity index (χ0v) is 19.0. The summed E-state index contributed by atoms with van der Waals surface area (Å²) >= 11 is 1.66. The van der Waals surface area contributed by atoms with Gasteiger partial charge in [0.25, 0.3) is 5.91 Å². The number of hydrogen-bond donors (Lipinski definition) is 2. The van der Waals surface area contributed by atoms with Gasteiger partial charge in [-0.15, -0.1) is 11.3 Å². The van der Waals surface area contributed by atoms with Crippen molar-refractivity contribution in [1.82, 2.24) is 4.98 Å². The average molecular weight is 409 g/mol. The Hall–Kier alpha value is -2.50. The van der Waals surface area contributed by atoms with Gasteiger partial charge in [-0.1, -0.05) is 29.8 Å². The number of carbonyl (C=O) groups excluding carboxylic acids is 1. The number of hydrogen-bond acceptors (Lipinski definition) is 3. The minimum Gasteiger partial charge on any atom is -0.324 e. The number of aryl methyl sites for hydroxylation is 5. The molecule has 0 saturated heterocycles. The topological polar surface area (TPSA) is 46.4 Å². The molecule has 0 aliphatic heterocycles. The van der Waals surface area contributed by atoms with Crippen LogP contribution in [0.5, 0.6) is 0 Å². The van der Waals surface area contributed by atoms with E-state index in [2.05, 4.69) is 61.8 Å². The molecule has 5 heteroatoms. The summed E-state index contributed by atoms with van der Waals surface area (Å²) in [6.45, 7) is 11.5. The Balaban J connectivity index is 1.61. The number of amides is 1. The number of carbonyl (C=O) groups is 1. The summed E-state index contributed by atoms with van der Waals surface area (Å²) in [5, 5.41) is 6.24. The molecule has 0 aliphatic carbocycles. The zero-order valence-electron chi connectivity index (χ0n) is 18.1. The molecular formula is C24H30N3OS+. The molecule has 1 atom stereocenters. The van der Waals surface area contributed by atoms with E-state index in [9.17, 15) is 4.79 Å². The highest BCUT2D eigenvalue weighted by atomic mass is 32.1.